The van der Waals surface area contributed by atoms with Gasteiger partial charge in [0.1, 0.15) is 19.1 Å². The summed E-state index contributed by atoms with van der Waals surface area (Å²) in [7, 11) is 0. The highest BCUT2D eigenvalue weighted by atomic mass is 16.7. The first kappa shape index (κ1) is 18.1. The number of ether oxygens (including phenoxy) is 5. The first-order chi connectivity index (χ1) is 14.3. The molecular formula is C21H23N2O6+. The highest BCUT2D eigenvalue weighted by Gasteiger charge is 2.29. The Morgan fingerprint density at radius 1 is 0.897 bits per heavy atom. The van der Waals surface area contributed by atoms with Crippen LogP contribution in [-0.2, 0) is 4.74 Å². The number of benzene rings is 2. The predicted molar refractivity (Wildman–Crippen MR) is 102 cm³/mol. The Bertz CT molecular complexity index is 912. The summed E-state index contributed by atoms with van der Waals surface area (Å²) in [6.45, 7) is 4.14. The van der Waals surface area contributed by atoms with Crippen LogP contribution in [0.1, 0.15) is 22.0 Å². The van der Waals surface area contributed by atoms with E-state index in [-0.39, 0.29) is 25.5 Å². The lowest BCUT2D eigenvalue weighted by molar-refractivity contribution is -0.937. The van der Waals surface area contributed by atoms with Crippen molar-refractivity contribution in [3.05, 3.63) is 47.5 Å². The Kier molecular flexibility index (Phi) is 4.87. The maximum atomic E-state index is 12.8. The normalized spacial score (nSPS) is 18.5. The van der Waals surface area contributed by atoms with Crippen LogP contribution in [0.15, 0.2) is 36.4 Å². The van der Waals surface area contributed by atoms with E-state index in [4.69, 9.17) is 23.7 Å². The van der Waals surface area contributed by atoms with Crippen molar-refractivity contribution < 1.29 is 33.4 Å². The lowest BCUT2D eigenvalue weighted by atomic mass is 10.0. The molecule has 0 bridgehead atoms. The zero-order valence-corrected chi connectivity index (χ0v) is 15.9. The molecule has 0 aliphatic carbocycles. The lowest BCUT2D eigenvalue weighted by Gasteiger charge is -2.32. The SMILES string of the molecule is O=C(NC[C@H](c1ccc2c(c1)OCO2)[NH+]1CCOCC1)c1ccc2c(c1)OCO2. The van der Waals surface area contributed by atoms with Crippen LogP contribution in [0.3, 0.4) is 0 Å². The molecule has 2 N–H and O–H groups in total. The molecule has 29 heavy (non-hydrogen) atoms. The molecule has 1 amide bonds. The largest absolute Gasteiger partial charge is 0.454 e. The van der Waals surface area contributed by atoms with Gasteiger partial charge in [0.05, 0.1) is 19.8 Å². The second-order valence-electron chi connectivity index (χ2n) is 7.21. The fraction of sp³-hybridized carbons (Fsp3) is 0.381. The van der Waals surface area contributed by atoms with Gasteiger partial charge in [0.2, 0.25) is 13.6 Å². The van der Waals surface area contributed by atoms with E-state index in [2.05, 4.69) is 5.32 Å². The number of morpholine rings is 1. The highest BCUT2D eigenvalue weighted by molar-refractivity contribution is 5.94. The maximum absolute atomic E-state index is 12.8. The third-order valence-electron chi connectivity index (χ3n) is 5.53. The first-order valence-corrected chi connectivity index (χ1v) is 9.77. The summed E-state index contributed by atoms with van der Waals surface area (Å²) in [5.74, 6) is 2.64. The van der Waals surface area contributed by atoms with Gasteiger partial charge in [-0.2, -0.15) is 0 Å². The van der Waals surface area contributed by atoms with Gasteiger partial charge in [-0.15, -0.1) is 0 Å². The Morgan fingerprint density at radius 3 is 2.31 bits per heavy atom. The number of quaternary nitrogens is 1. The standard InChI is InChI=1S/C21H22N2O6/c24-21(15-2-4-18-20(10-15)29-13-27-18)22-11-16(23-5-7-25-8-6-23)14-1-3-17-19(9-14)28-12-26-17/h1-4,9-10,16H,5-8,11-13H2,(H,22,24)/p+1/t16-/m1/s1. The van der Waals surface area contributed by atoms with Gasteiger partial charge < -0.3 is 33.9 Å². The van der Waals surface area contributed by atoms with Crippen LogP contribution in [0.25, 0.3) is 0 Å². The Balaban J connectivity index is 1.33. The molecule has 3 aliphatic rings. The average Bonchev–Trinajstić information content (AvgIpc) is 3.42. The second-order valence-corrected chi connectivity index (χ2v) is 7.21. The number of hydrogen-bond donors (Lipinski definition) is 2. The number of nitrogens with one attached hydrogen (secondary N) is 2. The van der Waals surface area contributed by atoms with Crippen molar-refractivity contribution in [3.8, 4) is 23.0 Å². The third kappa shape index (κ3) is 3.68. The number of amides is 1. The molecule has 0 aromatic heterocycles. The number of fused-ring (bicyclic) bond motifs is 2. The second kappa shape index (κ2) is 7.81. The number of rotatable bonds is 5. The van der Waals surface area contributed by atoms with Gasteiger partial charge in [-0.1, -0.05) is 0 Å². The predicted octanol–water partition coefficient (Wildman–Crippen LogP) is 0.530. The molecule has 2 aromatic carbocycles. The molecule has 152 valence electrons. The van der Waals surface area contributed by atoms with Crippen LogP contribution in [0.4, 0.5) is 0 Å². The average molecular weight is 399 g/mol. The summed E-state index contributed by atoms with van der Waals surface area (Å²) in [5.41, 5.74) is 1.66. The lowest BCUT2D eigenvalue weighted by Crippen LogP contribution is -3.15. The van der Waals surface area contributed by atoms with Gasteiger partial charge in [-0.3, -0.25) is 4.79 Å². The van der Waals surface area contributed by atoms with Crippen molar-refractivity contribution in [1.82, 2.24) is 5.32 Å². The van der Waals surface area contributed by atoms with Gasteiger partial charge >= 0.3 is 0 Å². The Hall–Kier alpha value is -2.97. The minimum Gasteiger partial charge on any atom is -0.454 e. The summed E-state index contributed by atoms with van der Waals surface area (Å²) in [6, 6.07) is 11.3. The minimum absolute atomic E-state index is 0.0892. The quantitative estimate of drug-likeness (QED) is 0.764. The molecule has 0 saturated carbocycles. The number of carbonyl (C=O) groups is 1. The molecule has 8 heteroatoms. The van der Waals surface area contributed by atoms with Crippen molar-refractivity contribution in [2.24, 2.45) is 0 Å². The molecule has 0 spiro atoms. The fourth-order valence-electron chi connectivity index (χ4n) is 3.94. The van der Waals surface area contributed by atoms with E-state index in [1.54, 1.807) is 18.2 Å². The zero-order valence-electron chi connectivity index (χ0n) is 15.9. The molecule has 3 aliphatic heterocycles. The minimum atomic E-state index is -0.137. The van der Waals surface area contributed by atoms with E-state index in [0.29, 0.717) is 36.8 Å². The van der Waals surface area contributed by atoms with E-state index < -0.39 is 0 Å². The van der Waals surface area contributed by atoms with E-state index in [1.165, 1.54) is 4.90 Å². The summed E-state index contributed by atoms with van der Waals surface area (Å²) >= 11 is 0. The number of carbonyl (C=O) groups excluding carboxylic acids is 1. The highest BCUT2D eigenvalue weighted by Crippen LogP contribution is 2.34. The number of hydrogen-bond acceptors (Lipinski definition) is 6. The molecule has 3 heterocycles. The molecule has 1 fully saturated rings. The summed E-state index contributed by atoms with van der Waals surface area (Å²) in [4.78, 5) is 14.1. The van der Waals surface area contributed by atoms with Gasteiger partial charge in [0.25, 0.3) is 5.91 Å². The summed E-state index contributed by atoms with van der Waals surface area (Å²) < 4.78 is 27.2. The molecule has 1 atom stereocenters. The third-order valence-corrected chi connectivity index (χ3v) is 5.53. The smallest absolute Gasteiger partial charge is 0.251 e. The zero-order chi connectivity index (χ0) is 19.6. The van der Waals surface area contributed by atoms with Crippen molar-refractivity contribution in [2.45, 2.75) is 6.04 Å². The summed E-state index contributed by atoms with van der Waals surface area (Å²) in [5, 5.41) is 3.08. The molecule has 0 radical (unpaired) electrons. The molecule has 5 rings (SSSR count). The molecule has 0 unspecified atom stereocenters. The van der Waals surface area contributed by atoms with Crippen molar-refractivity contribution in [2.75, 3.05) is 46.4 Å². The van der Waals surface area contributed by atoms with E-state index in [9.17, 15) is 4.79 Å². The van der Waals surface area contributed by atoms with Gasteiger partial charge in [0.15, 0.2) is 23.0 Å². The van der Waals surface area contributed by atoms with Crippen molar-refractivity contribution >= 4 is 5.91 Å². The molecule has 8 nitrogen and oxygen atoms in total. The van der Waals surface area contributed by atoms with E-state index in [0.717, 1.165) is 30.2 Å². The van der Waals surface area contributed by atoms with E-state index in [1.807, 2.05) is 18.2 Å². The topological polar surface area (TPSA) is 79.7 Å². The van der Waals surface area contributed by atoms with Crippen LogP contribution in [0.5, 0.6) is 23.0 Å². The Labute approximate surface area is 168 Å². The van der Waals surface area contributed by atoms with Gasteiger partial charge in [-0.05, 0) is 36.4 Å². The van der Waals surface area contributed by atoms with Crippen LogP contribution in [0.2, 0.25) is 0 Å². The summed E-state index contributed by atoms with van der Waals surface area (Å²) in [6.07, 6.45) is 0. The van der Waals surface area contributed by atoms with Crippen LogP contribution in [-0.4, -0.2) is 52.3 Å². The fourth-order valence-corrected chi connectivity index (χ4v) is 3.94. The first-order valence-electron chi connectivity index (χ1n) is 9.77. The molecular weight excluding hydrogens is 376 g/mol. The van der Waals surface area contributed by atoms with Crippen LogP contribution in [0, 0.1) is 0 Å². The van der Waals surface area contributed by atoms with Crippen molar-refractivity contribution in [1.29, 1.82) is 0 Å². The van der Waals surface area contributed by atoms with E-state index >= 15 is 0 Å². The van der Waals surface area contributed by atoms with Crippen LogP contribution >= 0.6 is 0 Å². The van der Waals surface area contributed by atoms with Crippen molar-refractivity contribution in [3.63, 3.8) is 0 Å². The van der Waals surface area contributed by atoms with Gasteiger partial charge in [0, 0.05) is 11.1 Å². The molecule has 1 saturated heterocycles. The maximum Gasteiger partial charge on any atom is 0.251 e. The Morgan fingerprint density at radius 2 is 1.55 bits per heavy atom. The van der Waals surface area contributed by atoms with Gasteiger partial charge in [-0.25, -0.2) is 0 Å². The molecule has 2 aromatic rings. The monoisotopic (exact) mass is 399 g/mol. The van der Waals surface area contributed by atoms with Crippen LogP contribution < -0.4 is 29.2 Å².